The highest BCUT2D eigenvalue weighted by Gasteiger charge is 2.42. The number of carbonyl (C=O) groups is 2. The van der Waals surface area contributed by atoms with Gasteiger partial charge in [-0.05, 0) is 32.8 Å². The summed E-state index contributed by atoms with van der Waals surface area (Å²) >= 11 is 0. The van der Waals surface area contributed by atoms with E-state index in [0.29, 0.717) is 12.8 Å². The number of imide groups is 1. The van der Waals surface area contributed by atoms with E-state index < -0.39 is 11.7 Å². The molecule has 1 fully saturated rings. The second-order valence-electron chi connectivity index (χ2n) is 5.79. The molecule has 1 aromatic carbocycles. The van der Waals surface area contributed by atoms with Crippen molar-refractivity contribution < 1.29 is 14.3 Å². The highest BCUT2D eigenvalue weighted by molar-refractivity contribution is 5.97. The lowest BCUT2D eigenvalue weighted by atomic mass is 9.95. The van der Waals surface area contributed by atoms with Crippen LogP contribution in [0.3, 0.4) is 0 Å². The fourth-order valence-electron chi connectivity index (χ4n) is 2.09. The molecule has 4 nitrogen and oxygen atoms in total. The van der Waals surface area contributed by atoms with Crippen LogP contribution in [-0.2, 0) is 16.0 Å². The highest BCUT2D eigenvalue weighted by atomic mass is 16.6. The lowest BCUT2D eigenvalue weighted by Gasteiger charge is -2.39. The lowest BCUT2D eigenvalue weighted by molar-refractivity contribution is -0.143. The van der Waals surface area contributed by atoms with Crippen molar-refractivity contribution in [3.8, 4) is 0 Å². The SMILES string of the molecule is CC(C)(C)OC(=O)N1C(=O)CC1Cc1ccccc1. The summed E-state index contributed by atoms with van der Waals surface area (Å²) in [7, 11) is 0. The number of amides is 2. The van der Waals surface area contributed by atoms with Gasteiger partial charge in [-0.2, -0.15) is 0 Å². The highest BCUT2D eigenvalue weighted by Crippen LogP contribution is 2.25. The number of nitrogens with zero attached hydrogens (tertiary/aromatic N) is 1. The van der Waals surface area contributed by atoms with Crippen LogP contribution in [0.15, 0.2) is 30.3 Å². The Morgan fingerprint density at radius 3 is 2.47 bits per heavy atom. The average molecular weight is 261 g/mol. The number of likely N-dealkylation sites (tertiary alicyclic amines) is 1. The maximum absolute atomic E-state index is 11.9. The molecule has 1 atom stereocenters. The molecule has 2 amide bonds. The van der Waals surface area contributed by atoms with E-state index in [4.69, 9.17) is 4.74 Å². The molecular formula is C15H19NO3. The Morgan fingerprint density at radius 2 is 1.95 bits per heavy atom. The Kier molecular flexibility index (Phi) is 3.60. The monoisotopic (exact) mass is 261 g/mol. The van der Waals surface area contributed by atoms with Gasteiger partial charge < -0.3 is 4.74 Å². The second-order valence-corrected chi connectivity index (χ2v) is 5.79. The molecule has 2 rings (SSSR count). The number of ether oxygens (including phenoxy) is 1. The van der Waals surface area contributed by atoms with Gasteiger partial charge in [0.15, 0.2) is 0 Å². The fourth-order valence-corrected chi connectivity index (χ4v) is 2.09. The summed E-state index contributed by atoms with van der Waals surface area (Å²) in [6, 6.07) is 9.76. The summed E-state index contributed by atoms with van der Waals surface area (Å²) in [6.07, 6.45) is 0.560. The van der Waals surface area contributed by atoms with Crippen LogP contribution in [-0.4, -0.2) is 28.5 Å². The first kappa shape index (κ1) is 13.6. The molecule has 0 saturated carbocycles. The molecule has 0 bridgehead atoms. The smallest absolute Gasteiger partial charge is 0.417 e. The maximum Gasteiger partial charge on any atom is 0.417 e. The number of β-lactam (4-membered cyclic amide) rings is 1. The van der Waals surface area contributed by atoms with E-state index in [9.17, 15) is 9.59 Å². The summed E-state index contributed by atoms with van der Waals surface area (Å²) in [5, 5.41) is 0. The summed E-state index contributed by atoms with van der Waals surface area (Å²) in [5.41, 5.74) is 0.540. The molecular weight excluding hydrogens is 242 g/mol. The van der Waals surface area contributed by atoms with Gasteiger partial charge in [-0.15, -0.1) is 0 Å². The van der Waals surface area contributed by atoms with E-state index in [1.165, 1.54) is 4.90 Å². The molecule has 0 aliphatic carbocycles. The summed E-state index contributed by atoms with van der Waals surface area (Å²) in [4.78, 5) is 24.8. The Labute approximate surface area is 113 Å². The second kappa shape index (κ2) is 5.03. The van der Waals surface area contributed by atoms with Gasteiger partial charge in [0, 0.05) is 6.42 Å². The van der Waals surface area contributed by atoms with Crippen LogP contribution in [0, 0.1) is 0 Å². The molecule has 1 aromatic rings. The van der Waals surface area contributed by atoms with Crippen molar-refractivity contribution in [2.24, 2.45) is 0 Å². The zero-order chi connectivity index (χ0) is 14.0. The Hall–Kier alpha value is -1.84. The molecule has 0 radical (unpaired) electrons. The normalized spacial score (nSPS) is 19.0. The minimum atomic E-state index is -0.579. The summed E-state index contributed by atoms with van der Waals surface area (Å²) < 4.78 is 5.25. The summed E-state index contributed by atoms with van der Waals surface area (Å²) in [5.74, 6) is -0.157. The van der Waals surface area contributed by atoms with Gasteiger partial charge in [0.1, 0.15) is 5.60 Å². The first-order valence-electron chi connectivity index (χ1n) is 6.46. The third kappa shape index (κ3) is 3.34. The van der Waals surface area contributed by atoms with E-state index in [1.54, 1.807) is 20.8 Å². The van der Waals surface area contributed by atoms with E-state index in [1.807, 2.05) is 30.3 Å². The Bertz CT molecular complexity index is 476. The predicted molar refractivity (Wildman–Crippen MR) is 71.6 cm³/mol. The molecule has 4 heteroatoms. The first-order valence-corrected chi connectivity index (χ1v) is 6.46. The minimum absolute atomic E-state index is 0.0789. The zero-order valence-electron chi connectivity index (χ0n) is 11.6. The quantitative estimate of drug-likeness (QED) is 0.769. The van der Waals surface area contributed by atoms with Crippen LogP contribution in [0.5, 0.6) is 0 Å². The number of benzene rings is 1. The summed E-state index contributed by atoms with van der Waals surface area (Å²) in [6.45, 7) is 5.38. The zero-order valence-corrected chi connectivity index (χ0v) is 11.6. The topological polar surface area (TPSA) is 46.6 Å². The molecule has 0 N–H and O–H groups in total. The molecule has 1 aliphatic rings. The number of rotatable bonds is 2. The van der Waals surface area contributed by atoms with E-state index >= 15 is 0 Å². The maximum atomic E-state index is 11.9. The van der Waals surface area contributed by atoms with Crippen LogP contribution in [0.1, 0.15) is 32.8 Å². The van der Waals surface area contributed by atoms with E-state index in [0.717, 1.165) is 5.56 Å². The Morgan fingerprint density at radius 1 is 1.32 bits per heavy atom. The molecule has 1 saturated heterocycles. The molecule has 0 aromatic heterocycles. The molecule has 0 spiro atoms. The van der Waals surface area contributed by atoms with Gasteiger partial charge in [0.2, 0.25) is 5.91 Å². The minimum Gasteiger partial charge on any atom is -0.443 e. The number of carbonyl (C=O) groups excluding carboxylic acids is 2. The van der Waals surface area contributed by atoms with Crippen LogP contribution < -0.4 is 0 Å². The van der Waals surface area contributed by atoms with Crippen molar-refractivity contribution in [2.75, 3.05) is 0 Å². The number of hydrogen-bond acceptors (Lipinski definition) is 3. The molecule has 102 valence electrons. The predicted octanol–water partition coefficient (Wildman–Crippen LogP) is 2.77. The van der Waals surface area contributed by atoms with Crippen molar-refractivity contribution in [1.29, 1.82) is 0 Å². The van der Waals surface area contributed by atoms with Gasteiger partial charge in [0.05, 0.1) is 6.04 Å². The molecule has 1 heterocycles. The molecule has 1 unspecified atom stereocenters. The lowest BCUT2D eigenvalue weighted by Crippen LogP contribution is -2.57. The third-order valence-electron chi connectivity index (χ3n) is 2.95. The van der Waals surface area contributed by atoms with Crippen LogP contribution in [0.25, 0.3) is 0 Å². The molecule has 19 heavy (non-hydrogen) atoms. The van der Waals surface area contributed by atoms with Gasteiger partial charge in [0.25, 0.3) is 0 Å². The van der Waals surface area contributed by atoms with Gasteiger partial charge in [-0.1, -0.05) is 30.3 Å². The number of hydrogen-bond donors (Lipinski definition) is 0. The van der Waals surface area contributed by atoms with E-state index in [-0.39, 0.29) is 11.9 Å². The average Bonchev–Trinajstić information content (AvgIpc) is 2.26. The van der Waals surface area contributed by atoms with Gasteiger partial charge >= 0.3 is 6.09 Å². The van der Waals surface area contributed by atoms with Crippen LogP contribution in [0.2, 0.25) is 0 Å². The Balaban J connectivity index is 2.00. The standard InChI is InChI=1S/C15H19NO3/c1-15(2,3)19-14(18)16-12(10-13(16)17)9-11-7-5-4-6-8-11/h4-8,12H,9-10H2,1-3H3. The van der Waals surface area contributed by atoms with Crippen molar-refractivity contribution >= 4 is 12.0 Å². The fraction of sp³-hybridized carbons (Fsp3) is 0.467. The van der Waals surface area contributed by atoms with Crippen molar-refractivity contribution in [3.05, 3.63) is 35.9 Å². The largest absolute Gasteiger partial charge is 0.443 e. The van der Waals surface area contributed by atoms with Crippen molar-refractivity contribution in [3.63, 3.8) is 0 Å². The van der Waals surface area contributed by atoms with Gasteiger partial charge in [-0.25, -0.2) is 9.69 Å². The molecule has 1 aliphatic heterocycles. The van der Waals surface area contributed by atoms with Crippen LogP contribution in [0.4, 0.5) is 4.79 Å². The van der Waals surface area contributed by atoms with E-state index in [2.05, 4.69) is 0 Å². The van der Waals surface area contributed by atoms with Crippen molar-refractivity contribution in [1.82, 2.24) is 4.90 Å². The third-order valence-corrected chi connectivity index (χ3v) is 2.95. The first-order chi connectivity index (χ1) is 8.87. The van der Waals surface area contributed by atoms with Gasteiger partial charge in [-0.3, -0.25) is 4.79 Å². The van der Waals surface area contributed by atoms with Crippen molar-refractivity contribution in [2.45, 2.75) is 45.3 Å². The van der Waals surface area contributed by atoms with Crippen LogP contribution >= 0.6 is 0 Å².